The molecule has 0 unspecified atom stereocenters. The number of hydrogen-bond acceptors (Lipinski definition) is 4. The summed E-state index contributed by atoms with van der Waals surface area (Å²) >= 11 is 0. The number of amides is 1. The highest BCUT2D eigenvalue weighted by Crippen LogP contribution is 2.18. The topological polar surface area (TPSA) is 92.5 Å². The number of nitrogens with zero attached hydrogens (tertiary/aromatic N) is 1. The Balaban J connectivity index is 2.77. The summed E-state index contributed by atoms with van der Waals surface area (Å²) in [5, 5.41) is 2.14. The first-order valence-electron chi connectivity index (χ1n) is 5.58. The number of halogens is 2. The first-order chi connectivity index (χ1) is 9.16. The van der Waals surface area contributed by atoms with Crippen molar-refractivity contribution in [2.24, 2.45) is 0 Å². The Hall–Kier alpha value is -1.74. The highest BCUT2D eigenvalue weighted by Gasteiger charge is 2.20. The molecule has 6 nitrogen and oxygen atoms in total. The lowest BCUT2D eigenvalue weighted by Crippen LogP contribution is -2.34. The Labute approximate surface area is 115 Å². The molecule has 0 spiro atoms. The minimum absolute atomic E-state index is 0.271. The van der Waals surface area contributed by atoms with Crippen LogP contribution in [-0.2, 0) is 10.0 Å². The van der Waals surface area contributed by atoms with Crippen molar-refractivity contribution in [3.63, 3.8) is 0 Å². The van der Waals surface area contributed by atoms with Gasteiger partial charge in [0.15, 0.2) is 5.82 Å². The highest BCUT2D eigenvalue weighted by molar-refractivity contribution is 7.89. The van der Waals surface area contributed by atoms with Crippen LogP contribution >= 0.6 is 0 Å². The van der Waals surface area contributed by atoms with Crippen molar-refractivity contribution >= 4 is 21.6 Å². The maximum Gasteiger partial charge on any atom is 0.257 e. The van der Waals surface area contributed by atoms with Gasteiger partial charge in [-0.15, -0.1) is 0 Å². The monoisotopic (exact) mass is 307 g/mol. The van der Waals surface area contributed by atoms with Gasteiger partial charge in [-0.3, -0.25) is 4.79 Å². The van der Waals surface area contributed by atoms with Gasteiger partial charge in [-0.2, -0.15) is 0 Å². The molecule has 0 atom stereocenters. The van der Waals surface area contributed by atoms with E-state index in [4.69, 9.17) is 5.73 Å². The van der Waals surface area contributed by atoms with Crippen molar-refractivity contribution in [3.05, 3.63) is 29.3 Å². The summed E-state index contributed by atoms with van der Waals surface area (Å²) in [5.41, 5.74) is 4.05. The van der Waals surface area contributed by atoms with Crippen LogP contribution in [0.1, 0.15) is 10.4 Å². The van der Waals surface area contributed by atoms with Crippen LogP contribution in [-0.4, -0.2) is 45.0 Å². The molecule has 20 heavy (non-hydrogen) atoms. The van der Waals surface area contributed by atoms with E-state index in [1.165, 1.54) is 14.1 Å². The van der Waals surface area contributed by atoms with E-state index < -0.39 is 33.1 Å². The zero-order chi connectivity index (χ0) is 15.5. The Morgan fingerprint density at radius 2 is 1.95 bits per heavy atom. The smallest absolute Gasteiger partial charge is 0.257 e. The van der Waals surface area contributed by atoms with Crippen LogP contribution in [0.25, 0.3) is 0 Å². The third-order valence-corrected chi connectivity index (χ3v) is 4.38. The largest absolute Gasteiger partial charge is 0.396 e. The molecular formula is C11H15F2N3O3S. The summed E-state index contributed by atoms with van der Waals surface area (Å²) in [4.78, 5) is 11.6. The molecule has 0 aliphatic carbocycles. The minimum atomic E-state index is -3.50. The Bertz CT molecular complexity index is 618. The van der Waals surface area contributed by atoms with Crippen LogP contribution in [0.15, 0.2) is 12.1 Å². The summed E-state index contributed by atoms with van der Waals surface area (Å²) in [7, 11) is -0.815. The van der Waals surface area contributed by atoms with Crippen molar-refractivity contribution in [1.82, 2.24) is 9.62 Å². The van der Waals surface area contributed by atoms with E-state index in [2.05, 4.69) is 5.32 Å². The fraction of sp³-hybridized carbons (Fsp3) is 0.364. The van der Waals surface area contributed by atoms with Crippen molar-refractivity contribution in [2.45, 2.75) is 0 Å². The summed E-state index contributed by atoms with van der Waals surface area (Å²) < 4.78 is 50.8. The summed E-state index contributed by atoms with van der Waals surface area (Å²) in [6.45, 7) is -0.271. The molecule has 1 aromatic carbocycles. The number of benzene rings is 1. The Morgan fingerprint density at radius 1 is 1.35 bits per heavy atom. The number of nitrogens with two attached hydrogens (primary N) is 1. The number of carbonyl (C=O) groups is 1. The minimum Gasteiger partial charge on any atom is -0.396 e. The number of carbonyl (C=O) groups excluding carboxylic acids is 1. The van der Waals surface area contributed by atoms with E-state index in [0.29, 0.717) is 0 Å². The summed E-state index contributed by atoms with van der Waals surface area (Å²) in [6.07, 6.45) is 0. The number of anilines is 1. The summed E-state index contributed by atoms with van der Waals surface area (Å²) in [6, 6.07) is 1.86. The van der Waals surface area contributed by atoms with Gasteiger partial charge in [0.05, 0.1) is 11.4 Å². The average Bonchev–Trinajstić information content (AvgIpc) is 2.34. The Morgan fingerprint density at radius 3 is 2.50 bits per heavy atom. The molecule has 1 rings (SSSR count). The van der Waals surface area contributed by atoms with Gasteiger partial charge >= 0.3 is 0 Å². The van der Waals surface area contributed by atoms with Gasteiger partial charge in [0.25, 0.3) is 5.91 Å². The fourth-order valence-corrected chi connectivity index (χ4v) is 2.07. The first-order valence-corrected chi connectivity index (χ1v) is 7.19. The van der Waals surface area contributed by atoms with Crippen LogP contribution in [0, 0.1) is 11.6 Å². The van der Waals surface area contributed by atoms with Gasteiger partial charge in [-0.25, -0.2) is 21.5 Å². The number of nitrogens with one attached hydrogen (secondary N) is 1. The van der Waals surface area contributed by atoms with Crippen molar-refractivity contribution in [2.75, 3.05) is 32.1 Å². The molecule has 3 N–H and O–H groups in total. The van der Waals surface area contributed by atoms with Gasteiger partial charge in [0.2, 0.25) is 10.0 Å². The van der Waals surface area contributed by atoms with Crippen LogP contribution in [0.3, 0.4) is 0 Å². The molecule has 0 fully saturated rings. The van der Waals surface area contributed by atoms with E-state index in [0.717, 1.165) is 16.4 Å². The molecule has 1 amide bonds. The van der Waals surface area contributed by atoms with Gasteiger partial charge < -0.3 is 11.1 Å². The second-order valence-corrected chi connectivity index (χ2v) is 6.48. The maximum atomic E-state index is 13.6. The Kier molecular flexibility index (Phi) is 5.01. The maximum absolute atomic E-state index is 13.6. The third kappa shape index (κ3) is 3.64. The predicted molar refractivity (Wildman–Crippen MR) is 70.6 cm³/mol. The first kappa shape index (κ1) is 16.3. The van der Waals surface area contributed by atoms with Gasteiger partial charge in [-0.1, -0.05) is 0 Å². The summed E-state index contributed by atoms with van der Waals surface area (Å²) in [5.74, 6) is -3.67. The molecule has 0 aromatic heterocycles. The quantitative estimate of drug-likeness (QED) is 0.758. The molecule has 1 aromatic rings. The fourth-order valence-electron chi connectivity index (χ4n) is 1.34. The molecule has 112 valence electrons. The van der Waals surface area contributed by atoms with Gasteiger partial charge in [0, 0.05) is 20.6 Å². The second kappa shape index (κ2) is 6.14. The lowest BCUT2D eigenvalue weighted by Gasteiger charge is -2.12. The number of hydrogen-bond donors (Lipinski definition) is 2. The van der Waals surface area contributed by atoms with Crippen molar-refractivity contribution in [1.29, 1.82) is 0 Å². The van der Waals surface area contributed by atoms with E-state index in [1.54, 1.807) is 0 Å². The van der Waals surface area contributed by atoms with Crippen LogP contribution < -0.4 is 11.1 Å². The molecule has 9 heteroatoms. The standard InChI is InChI=1S/C11H15F2N3O3S/c1-16(2)20(18,19)6-5-15-11(17)9-7(12)3-4-8(14)10(9)13/h3-4H,5-6,14H2,1-2H3,(H,15,17). The lowest BCUT2D eigenvalue weighted by molar-refractivity contribution is 0.0948. The number of sulfonamides is 1. The normalized spacial score (nSPS) is 11.7. The van der Waals surface area contributed by atoms with Crippen LogP contribution in [0.5, 0.6) is 0 Å². The van der Waals surface area contributed by atoms with Crippen molar-refractivity contribution in [3.8, 4) is 0 Å². The van der Waals surface area contributed by atoms with E-state index in [-0.39, 0.29) is 18.0 Å². The zero-order valence-corrected chi connectivity index (χ0v) is 11.8. The lowest BCUT2D eigenvalue weighted by atomic mass is 10.1. The van der Waals surface area contributed by atoms with Crippen LogP contribution in [0.2, 0.25) is 0 Å². The molecular weight excluding hydrogens is 292 g/mol. The molecule has 0 aliphatic heterocycles. The van der Waals surface area contributed by atoms with E-state index >= 15 is 0 Å². The van der Waals surface area contributed by atoms with Crippen molar-refractivity contribution < 1.29 is 22.0 Å². The van der Waals surface area contributed by atoms with E-state index in [9.17, 15) is 22.0 Å². The average molecular weight is 307 g/mol. The molecule has 0 radical (unpaired) electrons. The highest BCUT2D eigenvalue weighted by atomic mass is 32.2. The number of rotatable bonds is 5. The number of nitrogen functional groups attached to an aromatic ring is 1. The second-order valence-electron chi connectivity index (χ2n) is 4.18. The molecule has 0 saturated heterocycles. The molecule has 0 saturated carbocycles. The van der Waals surface area contributed by atoms with Gasteiger partial charge in [0.1, 0.15) is 11.4 Å². The van der Waals surface area contributed by atoms with Crippen LogP contribution in [0.4, 0.5) is 14.5 Å². The third-order valence-electron chi connectivity index (χ3n) is 2.55. The van der Waals surface area contributed by atoms with E-state index in [1.807, 2.05) is 0 Å². The van der Waals surface area contributed by atoms with Gasteiger partial charge in [-0.05, 0) is 12.1 Å². The molecule has 0 bridgehead atoms. The SMILES string of the molecule is CN(C)S(=O)(=O)CCNC(=O)c1c(F)ccc(N)c1F. The predicted octanol–water partition coefficient (Wildman–Crippen LogP) is 0.168. The molecule has 0 heterocycles. The molecule has 0 aliphatic rings. The zero-order valence-electron chi connectivity index (χ0n) is 11.0.